The van der Waals surface area contributed by atoms with Gasteiger partial charge < -0.3 is 15.3 Å². The third kappa shape index (κ3) is 13.8. The number of aromatic amines is 2. The molecule has 0 saturated heterocycles. The summed E-state index contributed by atoms with van der Waals surface area (Å²) < 4.78 is 252. The monoisotopic (exact) mass is 1650 g/mol. The molecule has 0 radical (unpaired) electrons. The number of nitrogens with zero attached hydrogens (tertiary/aromatic N) is 12. The van der Waals surface area contributed by atoms with Gasteiger partial charge in [0.2, 0.25) is 5.28 Å². The van der Waals surface area contributed by atoms with E-state index in [1.54, 1.807) is 0 Å². The molecule has 4 aliphatic rings. The fourth-order valence-corrected chi connectivity index (χ4v) is 18.0. The normalized spacial score (nSPS) is 17.0. The summed E-state index contributed by atoms with van der Waals surface area (Å²) in [6.07, 6.45) is -0.944. The van der Waals surface area contributed by atoms with Crippen molar-refractivity contribution in [3.63, 3.8) is 0 Å². The molecule has 7 aromatic carbocycles. The number of anilines is 4. The fraction of sp³-hybridized carbons (Fsp3) is 0.0667. The highest BCUT2D eigenvalue weighted by Gasteiger charge is 2.39. The molecule has 14 rings (SSSR count). The Kier molecular flexibility index (Phi) is 18.0. The van der Waals surface area contributed by atoms with Crippen molar-refractivity contribution in [3.8, 4) is 0 Å². The number of carbonyl (C=O) groups excluding carboxylic acids is 1. The van der Waals surface area contributed by atoms with Crippen LogP contribution in [0.3, 0.4) is 0 Å². The highest BCUT2D eigenvalue weighted by atomic mass is 35.5. The van der Waals surface area contributed by atoms with Gasteiger partial charge in [-0.1, -0.05) is 102 Å². The summed E-state index contributed by atoms with van der Waals surface area (Å²) >= 11 is 18.1. The number of halogens is 3. The van der Waals surface area contributed by atoms with Crippen molar-refractivity contribution in [2.75, 3.05) is 15.0 Å². The molecule has 3 aromatic heterocycles. The molecule has 107 heavy (non-hydrogen) atoms. The van der Waals surface area contributed by atoms with Gasteiger partial charge in [-0.2, -0.15) is 75.8 Å². The van der Waals surface area contributed by atoms with Crippen molar-refractivity contribution in [3.05, 3.63) is 198 Å². The van der Waals surface area contributed by atoms with Crippen LogP contribution in [-0.2, 0) is 75.5 Å². The predicted molar refractivity (Wildman–Crippen MR) is 380 cm³/mol. The van der Waals surface area contributed by atoms with E-state index in [-0.39, 0.29) is 98.6 Å². The number of amides is 1. The smallest absolute Gasteiger partial charge is 0.297 e. The molecule has 10 N–H and O–H groups in total. The Labute approximate surface area is 615 Å². The van der Waals surface area contributed by atoms with Gasteiger partial charge in [0.1, 0.15) is 62.0 Å². The van der Waals surface area contributed by atoms with Crippen molar-refractivity contribution < 1.29 is 91.0 Å². The van der Waals surface area contributed by atoms with Gasteiger partial charge in [0.25, 0.3) is 76.6 Å². The van der Waals surface area contributed by atoms with Crippen LogP contribution in [0.1, 0.15) is 52.6 Å². The zero-order chi connectivity index (χ0) is 76.7. The second kappa shape index (κ2) is 26.2. The minimum atomic E-state index is -5.31. The number of azo groups is 1. The number of sulfonamides is 1. The zero-order valence-corrected chi connectivity index (χ0v) is 60.7. The second-order valence-corrected chi connectivity index (χ2v) is 34.1. The molecule has 10 aromatic rings. The lowest BCUT2D eigenvalue weighted by atomic mass is 10.1. The first-order valence-electron chi connectivity index (χ1n) is 29.6. The van der Waals surface area contributed by atoms with Crippen LogP contribution in [0.2, 0.25) is 15.5 Å². The van der Waals surface area contributed by atoms with E-state index in [0.717, 1.165) is 60.7 Å². The van der Waals surface area contributed by atoms with Crippen LogP contribution in [0.25, 0.3) is 33.7 Å². The molecular weight excluding hydrogens is 1610 g/mol. The first-order valence-corrected chi connectivity index (χ1v) is 40.9. The van der Waals surface area contributed by atoms with Crippen LogP contribution in [0.5, 0.6) is 0 Å². The number of hydrogen-bond acceptors (Lipinski definition) is 27. The molecule has 37 nitrogen and oxygen atoms in total. The molecule has 47 heteroatoms. The van der Waals surface area contributed by atoms with Gasteiger partial charge in [-0.3, -0.25) is 36.8 Å². The van der Waals surface area contributed by atoms with Crippen molar-refractivity contribution in [2.45, 2.75) is 59.6 Å². The Hall–Kier alpha value is -10.4. The first kappa shape index (κ1) is 73.5. The maximum absolute atomic E-state index is 15.2. The van der Waals surface area contributed by atoms with Gasteiger partial charge in [-0.15, -0.1) is 0 Å². The van der Waals surface area contributed by atoms with Crippen LogP contribution in [0, 0.1) is 0 Å². The minimum absolute atomic E-state index is 0.0472. The number of hydrazone groups is 1. The summed E-state index contributed by atoms with van der Waals surface area (Å²) in [6.45, 7) is 1.22. The van der Waals surface area contributed by atoms with E-state index in [9.17, 15) is 82.6 Å². The topological polar surface area (TPSA) is 573 Å². The van der Waals surface area contributed by atoms with Crippen molar-refractivity contribution in [1.29, 1.82) is 0 Å². The number of benzene rings is 7. The van der Waals surface area contributed by atoms with Crippen LogP contribution in [0.15, 0.2) is 207 Å². The van der Waals surface area contributed by atoms with Gasteiger partial charge >= 0.3 is 0 Å². The number of carbonyl (C=O) groups is 1. The lowest BCUT2D eigenvalue weighted by Crippen LogP contribution is -2.30. The molecule has 7 heterocycles. The predicted octanol–water partition coefficient (Wildman–Crippen LogP) is 6.58. The van der Waals surface area contributed by atoms with E-state index in [4.69, 9.17) is 44.8 Å². The number of H-pyrrole nitrogens is 2. The zero-order valence-electron chi connectivity index (χ0n) is 52.7. The molecular formula is C60H39Cl3N16O21S7. The number of amidine groups is 2. The highest BCUT2D eigenvalue weighted by molar-refractivity contribution is 7.93. The van der Waals surface area contributed by atoms with E-state index in [0.29, 0.717) is 11.1 Å². The molecule has 4 aliphatic heterocycles. The maximum atomic E-state index is 15.2. The average Bonchev–Trinajstić information content (AvgIpc) is 1.58. The third-order valence-corrected chi connectivity index (χ3v) is 24.1. The van der Waals surface area contributed by atoms with Crippen LogP contribution in [0.4, 0.5) is 28.6 Å². The van der Waals surface area contributed by atoms with E-state index in [1.165, 1.54) is 79.7 Å². The summed E-state index contributed by atoms with van der Waals surface area (Å²) in [7, 11) is -36.3. The molecule has 8 bridgehead atoms. The standard InChI is InChI=1S/C60H39Cl3N16O21S7/c1-25-47(59(80)79(77-25)35-21-18-26(23-41(35)106(95,96)97)17-19-27-7-2-12-33(48(27)107(98,99)100)64-58-46(61)49(62)65-60(63)74-58)76-75-34-24-28(20-22-36(34)102(83,84)85)78-101(81,82)37-13-3-8-29-42(37)54-66-50(29)68-55-44-31(10-5-15-39(44)104(89,90)91)52(70-55)72-57-45-32(11-6-16-40(45)105(92,93)94)53(73-57)71-56-43-30(51(67-54)69-56)9-4-14-38(43)103(86,87)88/h2-24,47,50,53,78H,1H3,(H,64,65,74)(H,83,84,85)(H,86,87,88)(H,89,90,91)(H,92,93,94)(H,95,96,97)(H,98,99,100)(H,66,67,69,71)(H,68,70,72,73). The van der Waals surface area contributed by atoms with Gasteiger partial charge in [0.05, 0.1) is 27.7 Å². The number of aromatic nitrogens is 4. The van der Waals surface area contributed by atoms with E-state index in [1.807, 2.05) is 0 Å². The Balaban J connectivity index is 0.836. The van der Waals surface area contributed by atoms with Gasteiger partial charge in [0, 0.05) is 43.8 Å². The summed E-state index contributed by atoms with van der Waals surface area (Å²) in [5.74, 6) is -2.40. The number of aliphatic imine (C=N–C) groups is 2. The van der Waals surface area contributed by atoms with Crippen LogP contribution >= 0.6 is 34.8 Å². The van der Waals surface area contributed by atoms with Gasteiger partial charge in [-0.05, 0) is 90.3 Å². The van der Waals surface area contributed by atoms with E-state index < -0.39 is 169 Å². The Bertz CT molecular complexity index is 7010. The van der Waals surface area contributed by atoms with Crippen LogP contribution < -0.4 is 37.0 Å². The summed E-state index contributed by atoms with van der Waals surface area (Å²) in [5.41, 5.74) is -4.99. The maximum Gasteiger partial charge on any atom is 0.297 e. The SMILES string of the molecule is CC1=NN(c2ccc(C=Cc3cccc(Nc4nc(Cl)nc(Cl)c4Cl)c3S(=O)(=O)O)cc2S(=O)(=O)O)C(=O)C1N=Nc1cc(NS(=O)(=O)c2cccc3c2C2=NC3N=c3[nH]c(c4cccc(S(=O)(=O)O)c34)=NC3=NC(N=c4[nH]c(c5cccc(S(=O)(=O)O)c45)=N2)c2cccc(S(=O)(=O)O)c23)ccc1S(=O)(=O)O. The molecule has 3 unspecified atom stereocenters. The molecule has 548 valence electrons. The number of rotatable bonds is 16. The number of fused-ring (bicyclic) bond motifs is 18. The van der Waals surface area contributed by atoms with Crippen molar-refractivity contribution >= 4 is 191 Å². The number of nitrogens with one attached hydrogen (secondary N) is 4. The quantitative estimate of drug-likeness (QED) is 0.0160. The Morgan fingerprint density at radius 3 is 1.61 bits per heavy atom. The lowest BCUT2D eigenvalue weighted by molar-refractivity contribution is -0.117. The molecule has 3 atom stereocenters. The van der Waals surface area contributed by atoms with E-state index in [2.05, 4.69) is 65.3 Å². The van der Waals surface area contributed by atoms with Crippen molar-refractivity contribution in [2.24, 2.45) is 45.3 Å². The molecule has 0 saturated carbocycles. The third-order valence-electron chi connectivity index (χ3n) is 16.3. The molecule has 0 fully saturated rings. The fourth-order valence-electron chi connectivity index (χ4n) is 11.9. The Morgan fingerprint density at radius 1 is 0.533 bits per heavy atom. The summed E-state index contributed by atoms with van der Waals surface area (Å²) in [5, 5.41) is 13.2. The first-order chi connectivity index (χ1) is 50.1. The molecule has 1 amide bonds. The average molecular weight is 1650 g/mol. The molecule has 0 aliphatic carbocycles. The van der Waals surface area contributed by atoms with Gasteiger partial charge in [0.15, 0.2) is 41.0 Å². The van der Waals surface area contributed by atoms with Crippen molar-refractivity contribution in [1.82, 2.24) is 19.9 Å². The van der Waals surface area contributed by atoms with E-state index >= 15 is 8.42 Å². The largest absolute Gasteiger partial charge is 0.338 e. The number of hydrogen-bond donors (Lipinski definition) is 10. The van der Waals surface area contributed by atoms with Gasteiger partial charge in [-0.25, -0.2) is 43.4 Å². The summed E-state index contributed by atoms with van der Waals surface area (Å²) in [6, 6.07) is 21.7. The summed E-state index contributed by atoms with van der Waals surface area (Å²) in [4.78, 5) is 49.9. The lowest BCUT2D eigenvalue weighted by Gasteiger charge is -2.16. The Morgan fingerprint density at radius 2 is 1.06 bits per heavy atom. The minimum Gasteiger partial charge on any atom is -0.338 e. The second-order valence-electron chi connectivity index (χ2n) is 23.1. The van der Waals surface area contributed by atoms with Crippen LogP contribution in [-0.4, -0.2) is 136 Å². The highest BCUT2D eigenvalue weighted by Crippen LogP contribution is 2.41. The molecule has 0 spiro atoms.